The smallest absolute Gasteiger partial charge is 0.256 e. The number of hydrogen-bond acceptors (Lipinski definition) is 3. The number of aliphatic hydroxyl groups is 1. The van der Waals surface area contributed by atoms with E-state index in [-0.39, 0.29) is 18.3 Å². The highest BCUT2D eigenvalue weighted by atomic mass is 19.1. The van der Waals surface area contributed by atoms with Crippen molar-refractivity contribution in [3.05, 3.63) is 71.0 Å². The molecule has 0 saturated carbocycles. The van der Waals surface area contributed by atoms with Crippen molar-refractivity contribution in [2.24, 2.45) is 0 Å². The molecule has 1 aliphatic heterocycles. The van der Waals surface area contributed by atoms with E-state index in [1.54, 1.807) is 11.0 Å². The van der Waals surface area contributed by atoms with Gasteiger partial charge in [0.25, 0.3) is 5.91 Å². The fourth-order valence-electron chi connectivity index (χ4n) is 3.67. The number of carbonyl (C=O) groups excluding carboxylic acids is 1. The highest BCUT2D eigenvalue weighted by molar-refractivity contribution is 5.86. The first-order valence-corrected chi connectivity index (χ1v) is 9.93. The van der Waals surface area contributed by atoms with Crippen LogP contribution < -0.4 is 5.32 Å². The molecule has 0 aromatic heterocycles. The number of hydrogen-bond donors (Lipinski definition) is 2. The fourth-order valence-corrected chi connectivity index (χ4v) is 3.67. The van der Waals surface area contributed by atoms with Gasteiger partial charge in [-0.25, -0.2) is 4.39 Å². The predicted octanol–water partition coefficient (Wildman–Crippen LogP) is 3.59. The zero-order valence-corrected chi connectivity index (χ0v) is 16.6. The van der Waals surface area contributed by atoms with Crippen LogP contribution in [0.5, 0.6) is 0 Å². The number of carbonyl (C=O) groups is 1. The van der Waals surface area contributed by atoms with E-state index < -0.39 is 5.60 Å². The maximum atomic E-state index is 13.3. The molecule has 5 heteroatoms. The van der Waals surface area contributed by atoms with Crippen LogP contribution in [0.2, 0.25) is 0 Å². The molecular weight excluding hydrogens is 355 g/mol. The van der Waals surface area contributed by atoms with E-state index in [1.165, 1.54) is 17.7 Å². The highest BCUT2D eigenvalue weighted by Crippen LogP contribution is 2.24. The molecule has 0 unspecified atom stereocenters. The van der Waals surface area contributed by atoms with Gasteiger partial charge in [-0.3, -0.25) is 4.79 Å². The molecule has 2 aromatic rings. The van der Waals surface area contributed by atoms with Crippen molar-refractivity contribution in [1.82, 2.24) is 10.2 Å². The molecule has 1 fully saturated rings. The van der Waals surface area contributed by atoms with Crippen molar-refractivity contribution < 1.29 is 14.3 Å². The van der Waals surface area contributed by atoms with Gasteiger partial charge in [0.1, 0.15) is 5.82 Å². The van der Waals surface area contributed by atoms with Crippen LogP contribution in [0.15, 0.2) is 48.5 Å². The highest BCUT2D eigenvalue weighted by Gasteiger charge is 2.41. The van der Waals surface area contributed by atoms with Gasteiger partial charge < -0.3 is 15.3 Å². The summed E-state index contributed by atoms with van der Waals surface area (Å²) in [7, 11) is 0. The molecule has 0 bridgehead atoms. The van der Waals surface area contributed by atoms with Crippen LogP contribution >= 0.6 is 0 Å². The number of nitrogens with zero attached hydrogens (tertiary/aromatic N) is 1. The Balaban J connectivity index is 1.58. The lowest BCUT2D eigenvalue weighted by atomic mass is 9.91. The monoisotopic (exact) mass is 384 g/mol. The van der Waals surface area contributed by atoms with Gasteiger partial charge in [0, 0.05) is 26.2 Å². The standard InChI is InChI=1S/C23H29FN2O2/c1-17(2)20-9-7-18(8-10-20)15-26-12-4-11-23(28,22(26)27)16-25-14-19-5-3-6-21(24)13-19/h3,5-10,13,17,25,28H,4,11-12,14-16H2,1-2H3/t23-/m0/s1. The first-order chi connectivity index (χ1) is 13.4. The van der Waals surface area contributed by atoms with Crippen molar-refractivity contribution in [1.29, 1.82) is 0 Å². The maximum absolute atomic E-state index is 13.3. The average Bonchev–Trinajstić information content (AvgIpc) is 2.66. The third-order valence-corrected chi connectivity index (χ3v) is 5.36. The van der Waals surface area contributed by atoms with Crippen LogP contribution in [0.1, 0.15) is 49.3 Å². The van der Waals surface area contributed by atoms with Crippen LogP contribution in [-0.4, -0.2) is 34.6 Å². The van der Waals surface area contributed by atoms with Crippen molar-refractivity contribution in [2.45, 2.75) is 51.3 Å². The van der Waals surface area contributed by atoms with Gasteiger partial charge in [-0.1, -0.05) is 50.2 Å². The SMILES string of the molecule is CC(C)c1ccc(CN2CCC[C@](O)(CNCc3cccc(F)c3)C2=O)cc1. The van der Waals surface area contributed by atoms with Gasteiger partial charge in [0.15, 0.2) is 5.60 Å². The number of amides is 1. The zero-order chi connectivity index (χ0) is 20.1. The third-order valence-electron chi connectivity index (χ3n) is 5.36. The molecule has 1 heterocycles. The number of nitrogens with one attached hydrogen (secondary N) is 1. The number of halogens is 1. The molecule has 1 amide bonds. The number of likely N-dealkylation sites (tertiary alicyclic amines) is 1. The minimum Gasteiger partial charge on any atom is -0.379 e. The largest absolute Gasteiger partial charge is 0.379 e. The van der Waals surface area contributed by atoms with Gasteiger partial charge in [-0.2, -0.15) is 0 Å². The Morgan fingerprint density at radius 1 is 1.18 bits per heavy atom. The molecule has 1 saturated heterocycles. The van der Waals surface area contributed by atoms with Crippen molar-refractivity contribution in [3.8, 4) is 0 Å². The summed E-state index contributed by atoms with van der Waals surface area (Å²) in [5, 5.41) is 14.0. The van der Waals surface area contributed by atoms with E-state index in [9.17, 15) is 14.3 Å². The molecule has 2 N–H and O–H groups in total. The number of piperidine rings is 1. The van der Waals surface area contributed by atoms with Crippen LogP contribution in [0.3, 0.4) is 0 Å². The first-order valence-electron chi connectivity index (χ1n) is 9.93. The summed E-state index contributed by atoms with van der Waals surface area (Å²) in [4.78, 5) is 14.6. The van der Waals surface area contributed by atoms with E-state index in [1.807, 2.05) is 6.07 Å². The lowest BCUT2D eigenvalue weighted by Gasteiger charge is -2.38. The number of rotatable bonds is 7. The van der Waals surface area contributed by atoms with E-state index in [2.05, 4.69) is 43.4 Å². The Labute approximate surface area is 166 Å². The quantitative estimate of drug-likeness (QED) is 0.767. The molecule has 0 aliphatic carbocycles. The Bertz CT molecular complexity index is 807. The normalized spacial score (nSPS) is 20.0. The Morgan fingerprint density at radius 2 is 1.93 bits per heavy atom. The summed E-state index contributed by atoms with van der Waals surface area (Å²) in [6.07, 6.45) is 1.19. The van der Waals surface area contributed by atoms with Gasteiger partial charge in [0.2, 0.25) is 0 Å². The molecule has 28 heavy (non-hydrogen) atoms. The van der Waals surface area contributed by atoms with Crippen LogP contribution in [-0.2, 0) is 17.9 Å². The van der Waals surface area contributed by atoms with E-state index in [0.29, 0.717) is 32.0 Å². The van der Waals surface area contributed by atoms with E-state index >= 15 is 0 Å². The minimum absolute atomic E-state index is 0.158. The van der Waals surface area contributed by atoms with Crippen LogP contribution in [0.25, 0.3) is 0 Å². The second-order valence-electron chi connectivity index (χ2n) is 7.99. The van der Waals surface area contributed by atoms with Gasteiger partial charge in [0.05, 0.1) is 0 Å². The fraction of sp³-hybridized carbons (Fsp3) is 0.435. The van der Waals surface area contributed by atoms with Gasteiger partial charge in [-0.05, 0) is 47.6 Å². The summed E-state index contributed by atoms with van der Waals surface area (Å²) in [6.45, 7) is 6.02. The summed E-state index contributed by atoms with van der Waals surface area (Å²) in [5.74, 6) is -0.0558. The topological polar surface area (TPSA) is 52.6 Å². The minimum atomic E-state index is -1.41. The van der Waals surface area contributed by atoms with Crippen LogP contribution in [0.4, 0.5) is 4.39 Å². The Hall–Kier alpha value is -2.24. The average molecular weight is 384 g/mol. The second-order valence-corrected chi connectivity index (χ2v) is 7.99. The van der Waals surface area contributed by atoms with Gasteiger partial charge in [-0.15, -0.1) is 0 Å². The predicted molar refractivity (Wildman–Crippen MR) is 108 cm³/mol. The maximum Gasteiger partial charge on any atom is 0.256 e. The Kier molecular flexibility index (Phi) is 6.47. The van der Waals surface area contributed by atoms with Crippen molar-refractivity contribution >= 4 is 5.91 Å². The molecule has 150 valence electrons. The number of benzene rings is 2. The zero-order valence-electron chi connectivity index (χ0n) is 16.6. The summed E-state index contributed by atoms with van der Waals surface area (Å²) in [5.41, 5.74) is 1.71. The molecule has 3 rings (SSSR count). The summed E-state index contributed by atoms with van der Waals surface area (Å²) >= 11 is 0. The van der Waals surface area contributed by atoms with E-state index in [0.717, 1.165) is 17.5 Å². The Morgan fingerprint density at radius 3 is 2.61 bits per heavy atom. The second kappa shape index (κ2) is 8.84. The van der Waals surface area contributed by atoms with Gasteiger partial charge >= 0.3 is 0 Å². The van der Waals surface area contributed by atoms with Crippen LogP contribution in [0, 0.1) is 5.82 Å². The van der Waals surface area contributed by atoms with E-state index in [4.69, 9.17) is 0 Å². The molecule has 1 atom stereocenters. The lowest BCUT2D eigenvalue weighted by molar-refractivity contribution is -0.157. The first kappa shape index (κ1) is 20.5. The molecular formula is C23H29FN2O2. The summed E-state index contributed by atoms with van der Waals surface area (Å²) in [6, 6.07) is 14.6. The van der Waals surface area contributed by atoms with Crippen molar-refractivity contribution in [2.75, 3.05) is 13.1 Å². The molecule has 4 nitrogen and oxygen atoms in total. The summed E-state index contributed by atoms with van der Waals surface area (Å²) < 4.78 is 13.3. The molecule has 1 aliphatic rings. The molecule has 2 aromatic carbocycles. The molecule has 0 radical (unpaired) electrons. The molecule has 0 spiro atoms. The lowest BCUT2D eigenvalue weighted by Crippen LogP contribution is -2.57. The third kappa shape index (κ3) is 4.97. The van der Waals surface area contributed by atoms with Crippen molar-refractivity contribution in [3.63, 3.8) is 0 Å².